The van der Waals surface area contributed by atoms with Gasteiger partial charge in [-0.05, 0) is 25.5 Å². The molecule has 0 bridgehead atoms. The number of fused-ring (bicyclic) bond motifs is 1. The Hall–Kier alpha value is -2.21. The molecule has 0 radical (unpaired) electrons. The number of methoxy groups -OCH3 is 1. The number of aromatic nitrogens is 3. The van der Waals surface area contributed by atoms with Gasteiger partial charge in [0.1, 0.15) is 6.61 Å². The van der Waals surface area contributed by atoms with Crippen LogP contribution in [0.3, 0.4) is 0 Å². The highest BCUT2D eigenvalue weighted by Crippen LogP contribution is 2.29. The molecule has 6 heteroatoms. The molecule has 116 valence electrons. The Balaban J connectivity index is 1.91. The first-order valence-electron chi connectivity index (χ1n) is 7.39. The Morgan fingerprint density at radius 3 is 2.91 bits per heavy atom. The van der Waals surface area contributed by atoms with Crippen molar-refractivity contribution in [2.24, 2.45) is 4.99 Å². The van der Waals surface area contributed by atoms with Crippen molar-refractivity contribution in [1.29, 1.82) is 0 Å². The molecular formula is C16H20N4O2. The van der Waals surface area contributed by atoms with Crippen LogP contribution in [0.2, 0.25) is 0 Å². The summed E-state index contributed by atoms with van der Waals surface area (Å²) in [6, 6.07) is 2.31. The summed E-state index contributed by atoms with van der Waals surface area (Å²) < 4.78 is 12.7. The van der Waals surface area contributed by atoms with E-state index in [1.165, 1.54) is 0 Å². The highest BCUT2D eigenvalue weighted by atomic mass is 16.5. The summed E-state index contributed by atoms with van der Waals surface area (Å²) in [7, 11) is 1.65. The van der Waals surface area contributed by atoms with Gasteiger partial charge in [0, 0.05) is 31.1 Å². The van der Waals surface area contributed by atoms with Gasteiger partial charge in [-0.2, -0.15) is 5.10 Å². The summed E-state index contributed by atoms with van der Waals surface area (Å²) in [6.45, 7) is 5.85. The summed E-state index contributed by atoms with van der Waals surface area (Å²) in [5.74, 6) is 0.614. The predicted molar refractivity (Wildman–Crippen MR) is 83.6 cm³/mol. The van der Waals surface area contributed by atoms with E-state index < -0.39 is 0 Å². The Labute approximate surface area is 129 Å². The molecule has 0 aliphatic carbocycles. The van der Waals surface area contributed by atoms with Crippen LogP contribution in [-0.4, -0.2) is 40.8 Å². The summed E-state index contributed by atoms with van der Waals surface area (Å²) in [5.41, 5.74) is 4.01. The van der Waals surface area contributed by atoms with E-state index in [9.17, 15) is 0 Å². The van der Waals surface area contributed by atoms with Gasteiger partial charge in [0.25, 0.3) is 0 Å². The van der Waals surface area contributed by atoms with Crippen molar-refractivity contribution >= 4 is 5.71 Å². The molecular weight excluding hydrogens is 280 g/mol. The van der Waals surface area contributed by atoms with Crippen LogP contribution >= 0.6 is 0 Å². The second-order valence-electron chi connectivity index (χ2n) is 5.46. The van der Waals surface area contributed by atoms with Gasteiger partial charge in [-0.25, -0.2) is 4.98 Å². The fourth-order valence-electron chi connectivity index (χ4n) is 2.42. The van der Waals surface area contributed by atoms with Crippen molar-refractivity contribution in [3.8, 4) is 5.88 Å². The molecule has 3 heterocycles. The second-order valence-corrected chi connectivity index (χ2v) is 5.46. The number of hydrogen-bond donors (Lipinski definition) is 0. The number of aliphatic imine (C=N–C) groups is 1. The first kappa shape index (κ1) is 14.7. The zero-order valence-electron chi connectivity index (χ0n) is 13.1. The van der Waals surface area contributed by atoms with Crippen LogP contribution in [0.15, 0.2) is 29.6 Å². The molecule has 1 aliphatic heterocycles. The molecule has 6 nitrogen and oxygen atoms in total. The third-order valence-electron chi connectivity index (χ3n) is 3.58. The minimum absolute atomic E-state index is 0.321. The Kier molecular flexibility index (Phi) is 4.20. The monoisotopic (exact) mass is 300 g/mol. The maximum Gasteiger partial charge on any atom is 0.223 e. The molecule has 0 N–H and O–H groups in total. The summed E-state index contributed by atoms with van der Waals surface area (Å²) in [4.78, 5) is 9.00. The van der Waals surface area contributed by atoms with Gasteiger partial charge in [-0.1, -0.05) is 0 Å². The van der Waals surface area contributed by atoms with Gasteiger partial charge in [0.15, 0.2) is 0 Å². The number of pyridine rings is 1. The molecule has 0 unspecified atom stereocenters. The van der Waals surface area contributed by atoms with E-state index >= 15 is 0 Å². The largest absolute Gasteiger partial charge is 0.475 e. The van der Waals surface area contributed by atoms with Crippen LogP contribution in [0.4, 0.5) is 0 Å². The molecule has 0 atom stereocenters. The van der Waals surface area contributed by atoms with E-state index in [2.05, 4.69) is 28.9 Å². The van der Waals surface area contributed by atoms with E-state index in [1.807, 2.05) is 23.1 Å². The van der Waals surface area contributed by atoms with Gasteiger partial charge < -0.3 is 9.47 Å². The molecule has 0 amide bonds. The van der Waals surface area contributed by atoms with Crippen LogP contribution in [0, 0.1) is 0 Å². The zero-order valence-corrected chi connectivity index (χ0v) is 13.1. The average molecular weight is 300 g/mol. The summed E-state index contributed by atoms with van der Waals surface area (Å²) >= 11 is 0. The van der Waals surface area contributed by atoms with Gasteiger partial charge in [-0.15, -0.1) is 0 Å². The van der Waals surface area contributed by atoms with Crippen molar-refractivity contribution in [2.45, 2.75) is 26.4 Å². The third-order valence-corrected chi connectivity index (χ3v) is 3.58. The van der Waals surface area contributed by atoms with Gasteiger partial charge in [0.2, 0.25) is 5.88 Å². The van der Waals surface area contributed by atoms with E-state index in [4.69, 9.17) is 9.47 Å². The maximum absolute atomic E-state index is 5.75. The van der Waals surface area contributed by atoms with E-state index in [0.717, 1.165) is 22.4 Å². The van der Waals surface area contributed by atoms with Crippen molar-refractivity contribution in [1.82, 2.24) is 14.8 Å². The molecule has 22 heavy (non-hydrogen) atoms. The van der Waals surface area contributed by atoms with Crippen molar-refractivity contribution in [3.05, 3.63) is 41.3 Å². The number of ether oxygens (including phenoxy) is 2. The molecule has 0 spiro atoms. The Morgan fingerprint density at radius 1 is 1.32 bits per heavy atom. The van der Waals surface area contributed by atoms with Crippen molar-refractivity contribution < 1.29 is 9.47 Å². The Bertz CT molecular complexity index is 691. The molecule has 0 aromatic carbocycles. The van der Waals surface area contributed by atoms with Crippen LogP contribution in [0.5, 0.6) is 5.88 Å². The van der Waals surface area contributed by atoms with E-state index in [0.29, 0.717) is 31.7 Å². The lowest BCUT2D eigenvalue weighted by Gasteiger charge is -2.10. The molecule has 2 aromatic heterocycles. The topological polar surface area (TPSA) is 61.5 Å². The van der Waals surface area contributed by atoms with Crippen molar-refractivity contribution in [3.63, 3.8) is 0 Å². The van der Waals surface area contributed by atoms with Crippen LogP contribution in [0.1, 0.15) is 36.6 Å². The number of rotatable bonds is 6. The van der Waals surface area contributed by atoms with Gasteiger partial charge in [0.05, 0.1) is 30.6 Å². The first-order chi connectivity index (χ1) is 10.7. The lowest BCUT2D eigenvalue weighted by atomic mass is 10.0. The predicted octanol–water partition coefficient (Wildman–Crippen LogP) is 2.24. The summed E-state index contributed by atoms with van der Waals surface area (Å²) in [6.07, 6.45) is 5.63. The molecule has 3 rings (SSSR count). The minimum atomic E-state index is 0.321. The van der Waals surface area contributed by atoms with E-state index in [1.54, 1.807) is 13.3 Å². The van der Waals surface area contributed by atoms with Crippen molar-refractivity contribution in [2.75, 3.05) is 20.3 Å². The fraction of sp³-hybridized carbons (Fsp3) is 0.438. The summed E-state index contributed by atoms with van der Waals surface area (Å²) in [5, 5.41) is 4.39. The fourth-order valence-corrected chi connectivity index (χ4v) is 2.42. The normalized spacial score (nSPS) is 13.4. The SMILES string of the molecule is COCCOc1nccc2c1C(c1cnn(C(C)C)c1)=NC2. The van der Waals surface area contributed by atoms with Gasteiger partial charge in [-0.3, -0.25) is 9.67 Å². The minimum Gasteiger partial charge on any atom is -0.475 e. The van der Waals surface area contributed by atoms with Crippen LogP contribution in [-0.2, 0) is 11.3 Å². The van der Waals surface area contributed by atoms with Crippen LogP contribution in [0.25, 0.3) is 0 Å². The molecule has 0 saturated heterocycles. The standard InChI is InChI=1S/C16H20N4O2/c1-11(2)20-10-13(9-19-20)15-14-12(8-18-15)4-5-17-16(14)22-7-6-21-3/h4-5,9-11H,6-8H2,1-3H3. The molecule has 2 aromatic rings. The number of nitrogens with zero attached hydrogens (tertiary/aromatic N) is 4. The highest BCUT2D eigenvalue weighted by Gasteiger charge is 2.24. The van der Waals surface area contributed by atoms with Gasteiger partial charge >= 0.3 is 0 Å². The smallest absolute Gasteiger partial charge is 0.223 e. The molecule has 1 aliphatic rings. The molecule has 0 saturated carbocycles. The molecule has 0 fully saturated rings. The first-order valence-corrected chi connectivity index (χ1v) is 7.39. The van der Waals surface area contributed by atoms with E-state index in [-0.39, 0.29) is 0 Å². The Morgan fingerprint density at radius 2 is 2.18 bits per heavy atom. The lowest BCUT2D eigenvalue weighted by molar-refractivity contribution is 0.143. The second kappa shape index (κ2) is 6.27. The van der Waals surface area contributed by atoms with Crippen LogP contribution < -0.4 is 4.74 Å². The number of hydrogen-bond acceptors (Lipinski definition) is 5. The maximum atomic E-state index is 5.75. The third kappa shape index (κ3) is 2.74. The average Bonchev–Trinajstić information content (AvgIpc) is 3.14. The quantitative estimate of drug-likeness (QED) is 0.768. The lowest BCUT2D eigenvalue weighted by Crippen LogP contribution is -2.10. The zero-order chi connectivity index (χ0) is 15.5. The highest BCUT2D eigenvalue weighted by molar-refractivity contribution is 6.16.